The number of nitrogens with zero attached hydrogens (tertiary/aromatic N) is 3. The Morgan fingerprint density at radius 2 is 2.28 bits per heavy atom. The van der Waals surface area contributed by atoms with Crippen molar-refractivity contribution in [1.29, 1.82) is 0 Å². The molecule has 18 heavy (non-hydrogen) atoms. The number of hydrogen-bond donors (Lipinski definition) is 2. The first-order valence-corrected chi connectivity index (χ1v) is 6.22. The summed E-state index contributed by atoms with van der Waals surface area (Å²) in [5, 5.41) is 0. The summed E-state index contributed by atoms with van der Waals surface area (Å²) in [4.78, 5) is 22.5. The van der Waals surface area contributed by atoms with Gasteiger partial charge in [0.2, 0.25) is 5.95 Å². The third kappa shape index (κ3) is 1.60. The van der Waals surface area contributed by atoms with Crippen molar-refractivity contribution < 1.29 is 0 Å². The SMILES string of the molecule is CC(C)C1(Cn2cnc3c(=O)[nH]c(N)nc32)CC1. The van der Waals surface area contributed by atoms with Gasteiger partial charge in [-0.3, -0.25) is 9.78 Å². The molecule has 0 saturated heterocycles. The largest absolute Gasteiger partial charge is 0.369 e. The lowest BCUT2D eigenvalue weighted by molar-refractivity contribution is 0.311. The van der Waals surface area contributed by atoms with Crippen molar-refractivity contribution in [1.82, 2.24) is 19.5 Å². The van der Waals surface area contributed by atoms with Crippen molar-refractivity contribution in [3.63, 3.8) is 0 Å². The van der Waals surface area contributed by atoms with E-state index < -0.39 is 0 Å². The van der Waals surface area contributed by atoms with Crippen LogP contribution in [0, 0.1) is 11.3 Å². The van der Waals surface area contributed by atoms with Crippen molar-refractivity contribution in [3.8, 4) is 0 Å². The van der Waals surface area contributed by atoms with E-state index in [-0.39, 0.29) is 11.5 Å². The van der Waals surface area contributed by atoms with Gasteiger partial charge in [-0.25, -0.2) is 4.98 Å². The lowest BCUT2D eigenvalue weighted by atomic mass is 9.92. The number of aromatic amines is 1. The van der Waals surface area contributed by atoms with Gasteiger partial charge in [-0.2, -0.15) is 4.98 Å². The Hall–Kier alpha value is -1.85. The highest BCUT2D eigenvalue weighted by atomic mass is 16.1. The van der Waals surface area contributed by atoms with Gasteiger partial charge in [-0.05, 0) is 24.2 Å². The van der Waals surface area contributed by atoms with E-state index in [1.165, 1.54) is 12.8 Å². The van der Waals surface area contributed by atoms with Crippen LogP contribution in [0.1, 0.15) is 26.7 Å². The Morgan fingerprint density at radius 3 is 2.89 bits per heavy atom. The summed E-state index contributed by atoms with van der Waals surface area (Å²) in [6.45, 7) is 5.33. The minimum Gasteiger partial charge on any atom is -0.369 e. The number of nitrogen functional groups attached to an aromatic ring is 1. The van der Waals surface area contributed by atoms with Crippen LogP contribution >= 0.6 is 0 Å². The molecule has 0 spiro atoms. The molecular weight excluding hydrogens is 230 g/mol. The Balaban J connectivity index is 2.06. The van der Waals surface area contributed by atoms with Crippen LogP contribution in [0.25, 0.3) is 11.2 Å². The van der Waals surface area contributed by atoms with E-state index in [2.05, 4.69) is 28.8 Å². The van der Waals surface area contributed by atoms with Crippen LogP contribution in [0.5, 0.6) is 0 Å². The topological polar surface area (TPSA) is 89.6 Å². The van der Waals surface area contributed by atoms with Crippen LogP contribution in [-0.2, 0) is 6.54 Å². The molecule has 0 aromatic carbocycles. The number of imidazole rings is 1. The van der Waals surface area contributed by atoms with Crippen LogP contribution in [0.4, 0.5) is 5.95 Å². The van der Waals surface area contributed by atoms with E-state index in [0.29, 0.717) is 22.5 Å². The van der Waals surface area contributed by atoms with Crippen molar-refractivity contribution in [2.45, 2.75) is 33.2 Å². The van der Waals surface area contributed by atoms with Crippen LogP contribution in [-0.4, -0.2) is 19.5 Å². The fourth-order valence-electron chi connectivity index (χ4n) is 2.50. The molecule has 1 aliphatic carbocycles. The average Bonchev–Trinajstić information content (AvgIpc) is 2.96. The second-order valence-corrected chi connectivity index (χ2v) is 5.51. The molecule has 1 aliphatic rings. The number of rotatable bonds is 3. The minimum atomic E-state index is -0.273. The van der Waals surface area contributed by atoms with Crippen LogP contribution < -0.4 is 11.3 Å². The van der Waals surface area contributed by atoms with Gasteiger partial charge in [0.05, 0.1) is 6.33 Å². The lowest BCUT2D eigenvalue weighted by Gasteiger charge is -2.20. The number of aromatic nitrogens is 4. The molecule has 2 heterocycles. The zero-order valence-corrected chi connectivity index (χ0v) is 10.6. The standard InChI is InChI=1S/C12H17N5O/c1-7(2)12(3-4-12)5-17-6-14-8-9(17)15-11(13)16-10(8)18/h6-7H,3-5H2,1-2H3,(H3,13,15,16,18). The third-order valence-electron chi connectivity index (χ3n) is 4.10. The molecule has 6 heteroatoms. The van der Waals surface area contributed by atoms with Gasteiger partial charge in [0, 0.05) is 6.54 Å². The first-order chi connectivity index (χ1) is 8.52. The predicted molar refractivity (Wildman–Crippen MR) is 69.1 cm³/mol. The molecule has 0 atom stereocenters. The molecule has 2 aromatic heterocycles. The first-order valence-electron chi connectivity index (χ1n) is 6.22. The molecule has 96 valence electrons. The highest BCUT2D eigenvalue weighted by molar-refractivity contribution is 5.70. The summed E-state index contributed by atoms with van der Waals surface area (Å²) in [7, 11) is 0. The highest BCUT2D eigenvalue weighted by Crippen LogP contribution is 2.53. The second-order valence-electron chi connectivity index (χ2n) is 5.51. The van der Waals surface area contributed by atoms with Crippen molar-refractivity contribution in [3.05, 3.63) is 16.7 Å². The molecule has 6 nitrogen and oxygen atoms in total. The number of H-pyrrole nitrogens is 1. The van der Waals surface area contributed by atoms with E-state index in [0.717, 1.165) is 6.54 Å². The van der Waals surface area contributed by atoms with E-state index in [1.807, 2.05) is 4.57 Å². The summed E-state index contributed by atoms with van der Waals surface area (Å²) in [6.07, 6.45) is 4.14. The molecule has 3 N–H and O–H groups in total. The summed E-state index contributed by atoms with van der Waals surface area (Å²) >= 11 is 0. The Bertz CT molecular complexity index is 650. The molecule has 2 aromatic rings. The zero-order chi connectivity index (χ0) is 12.9. The highest BCUT2D eigenvalue weighted by Gasteiger charge is 2.45. The van der Waals surface area contributed by atoms with Gasteiger partial charge in [-0.15, -0.1) is 0 Å². The van der Waals surface area contributed by atoms with Gasteiger partial charge < -0.3 is 10.3 Å². The number of nitrogens with one attached hydrogen (secondary N) is 1. The maximum atomic E-state index is 11.7. The molecular formula is C12H17N5O. The molecule has 1 fully saturated rings. The zero-order valence-electron chi connectivity index (χ0n) is 10.6. The monoisotopic (exact) mass is 247 g/mol. The molecule has 0 amide bonds. The first kappa shape index (κ1) is 11.3. The second kappa shape index (κ2) is 3.57. The van der Waals surface area contributed by atoms with Crippen molar-refractivity contribution >= 4 is 17.1 Å². The van der Waals surface area contributed by atoms with E-state index in [9.17, 15) is 4.79 Å². The number of anilines is 1. The fraction of sp³-hybridized carbons (Fsp3) is 0.583. The summed E-state index contributed by atoms with van der Waals surface area (Å²) in [5.41, 5.74) is 6.60. The molecule has 0 unspecified atom stereocenters. The lowest BCUT2D eigenvalue weighted by Crippen LogP contribution is -2.18. The van der Waals surface area contributed by atoms with Gasteiger partial charge in [-0.1, -0.05) is 13.8 Å². The number of nitrogens with two attached hydrogens (primary N) is 1. The number of fused-ring (bicyclic) bond motifs is 1. The van der Waals surface area contributed by atoms with E-state index >= 15 is 0 Å². The van der Waals surface area contributed by atoms with Crippen LogP contribution in [0.3, 0.4) is 0 Å². The molecule has 0 radical (unpaired) electrons. The van der Waals surface area contributed by atoms with Crippen molar-refractivity contribution in [2.75, 3.05) is 5.73 Å². The van der Waals surface area contributed by atoms with Crippen LogP contribution in [0.2, 0.25) is 0 Å². The quantitative estimate of drug-likeness (QED) is 0.851. The Kier molecular flexibility index (Phi) is 2.23. The summed E-state index contributed by atoms with van der Waals surface area (Å²) in [6, 6.07) is 0. The predicted octanol–water partition coefficient (Wildman–Crippen LogP) is 1.14. The summed E-state index contributed by atoms with van der Waals surface area (Å²) < 4.78 is 1.95. The molecule has 3 rings (SSSR count). The molecule has 0 bridgehead atoms. The fourth-order valence-corrected chi connectivity index (χ4v) is 2.50. The minimum absolute atomic E-state index is 0.142. The maximum absolute atomic E-state index is 11.7. The van der Waals surface area contributed by atoms with Gasteiger partial charge >= 0.3 is 0 Å². The Labute approximate surface area is 104 Å². The van der Waals surface area contributed by atoms with E-state index in [1.54, 1.807) is 6.33 Å². The molecule has 0 aliphatic heterocycles. The third-order valence-corrected chi connectivity index (χ3v) is 4.10. The van der Waals surface area contributed by atoms with Gasteiger partial charge in [0.25, 0.3) is 5.56 Å². The average molecular weight is 247 g/mol. The molecule has 1 saturated carbocycles. The maximum Gasteiger partial charge on any atom is 0.280 e. The smallest absolute Gasteiger partial charge is 0.280 e. The normalized spacial score (nSPS) is 17.5. The van der Waals surface area contributed by atoms with E-state index in [4.69, 9.17) is 5.73 Å². The van der Waals surface area contributed by atoms with Gasteiger partial charge in [0.15, 0.2) is 11.2 Å². The Morgan fingerprint density at radius 1 is 1.56 bits per heavy atom. The number of hydrogen-bond acceptors (Lipinski definition) is 4. The summed E-state index contributed by atoms with van der Waals surface area (Å²) in [5.74, 6) is 0.762. The van der Waals surface area contributed by atoms with Crippen LogP contribution in [0.15, 0.2) is 11.1 Å². The van der Waals surface area contributed by atoms with Crippen molar-refractivity contribution in [2.24, 2.45) is 11.3 Å². The van der Waals surface area contributed by atoms with Gasteiger partial charge in [0.1, 0.15) is 0 Å².